The Hall–Kier alpha value is -3.26. The van der Waals surface area contributed by atoms with E-state index in [-0.39, 0.29) is 11.5 Å². The van der Waals surface area contributed by atoms with Crippen molar-refractivity contribution in [3.05, 3.63) is 58.5 Å². The van der Waals surface area contributed by atoms with Crippen LogP contribution in [0.25, 0.3) is 6.08 Å². The van der Waals surface area contributed by atoms with Gasteiger partial charge >= 0.3 is 5.97 Å². The number of benzene rings is 2. The van der Waals surface area contributed by atoms with Crippen molar-refractivity contribution in [2.24, 2.45) is 4.99 Å². The Balaban J connectivity index is 1.88. The number of aromatic carboxylic acids is 1. The first-order valence-electron chi connectivity index (χ1n) is 8.83. The third-order valence-corrected chi connectivity index (χ3v) is 5.17. The van der Waals surface area contributed by atoms with Crippen LogP contribution in [-0.4, -0.2) is 47.8 Å². The van der Waals surface area contributed by atoms with Crippen LogP contribution in [-0.2, 0) is 4.79 Å². The second-order valence-electron chi connectivity index (χ2n) is 6.07. The minimum Gasteiger partial charge on any atom is -0.493 e. The summed E-state index contributed by atoms with van der Waals surface area (Å²) in [6.07, 6.45) is 1.76. The topological polar surface area (TPSA) is 88.4 Å². The Kier molecular flexibility index (Phi) is 6.23. The highest BCUT2D eigenvalue weighted by molar-refractivity contribution is 8.18. The molecule has 0 bridgehead atoms. The first kappa shape index (κ1) is 20.5. The molecule has 1 amide bonds. The van der Waals surface area contributed by atoms with Gasteiger partial charge in [0.2, 0.25) is 0 Å². The summed E-state index contributed by atoms with van der Waals surface area (Å²) in [5.74, 6) is 0.0150. The number of amidine groups is 1. The van der Waals surface area contributed by atoms with Crippen LogP contribution in [0, 0.1) is 0 Å². The fourth-order valence-electron chi connectivity index (χ4n) is 2.67. The number of methoxy groups -OCH3 is 1. The molecule has 2 aromatic rings. The van der Waals surface area contributed by atoms with Gasteiger partial charge in [0.1, 0.15) is 0 Å². The van der Waals surface area contributed by atoms with Crippen molar-refractivity contribution in [1.29, 1.82) is 0 Å². The molecule has 1 N–H and O–H groups in total. The predicted molar refractivity (Wildman–Crippen MR) is 113 cm³/mol. The van der Waals surface area contributed by atoms with Gasteiger partial charge in [0.15, 0.2) is 16.7 Å². The summed E-state index contributed by atoms with van der Waals surface area (Å²) in [6.45, 7) is 2.42. The van der Waals surface area contributed by atoms with Crippen molar-refractivity contribution in [2.45, 2.75) is 6.92 Å². The van der Waals surface area contributed by atoms with Gasteiger partial charge in [-0.05, 0) is 60.7 Å². The van der Waals surface area contributed by atoms with E-state index in [2.05, 4.69) is 4.99 Å². The largest absolute Gasteiger partial charge is 0.493 e. The Labute approximate surface area is 172 Å². The number of nitrogens with zero attached hydrogens (tertiary/aromatic N) is 2. The van der Waals surface area contributed by atoms with E-state index < -0.39 is 5.97 Å². The summed E-state index contributed by atoms with van der Waals surface area (Å²) < 4.78 is 10.9. The fourth-order valence-corrected chi connectivity index (χ4v) is 3.66. The number of aliphatic imine (C=N–C) groups is 1. The number of hydrogen-bond donors (Lipinski definition) is 1. The second kappa shape index (κ2) is 8.83. The monoisotopic (exact) mass is 412 g/mol. The summed E-state index contributed by atoms with van der Waals surface area (Å²) in [4.78, 5) is 30.1. The molecular formula is C21H20N2O5S. The number of carbonyl (C=O) groups is 2. The molecule has 0 aromatic heterocycles. The maximum atomic E-state index is 12.6. The average molecular weight is 412 g/mol. The molecule has 0 atom stereocenters. The lowest BCUT2D eigenvalue weighted by molar-refractivity contribution is -0.121. The molecule has 0 unspecified atom stereocenters. The highest BCUT2D eigenvalue weighted by atomic mass is 32.2. The zero-order chi connectivity index (χ0) is 21.0. The maximum absolute atomic E-state index is 12.6. The van der Waals surface area contributed by atoms with E-state index in [1.165, 1.54) is 28.8 Å². The number of thioether (sulfide) groups is 1. The fraction of sp³-hybridized carbons (Fsp3) is 0.190. The summed E-state index contributed by atoms with van der Waals surface area (Å²) in [5, 5.41) is 9.59. The normalized spacial score (nSPS) is 16.5. The van der Waals surface area contributed by atoms with Crippen LogP contribution < -0.4 is 9.47 Å². The van der Waals surface area contributed by atoms with Gasteiger partial charge in [-0.2, -0.15) is 0 Å². The third-order valence-electron chi connectivity index (χ3n) is 4.11. The number of carboxylic acid groups (broad SMARTS) is 1. The van der Waals surface area contributed by atoms with E-state index in [0.717, 1.165) is 5.56 Å². The summed E-state index contributed by atoms with van der Waals surface area (Å²) in [7, 11) is 3.20. The number of carboxylic acids is 1. The smallest absolute Gasteiger partial charge is 0.335 e. The van der Waals surface area contributed by atoms with Gasteiger partial charge in [0.25, 0.3) is 5.91 Å². The lowest BCUT2D eigenvalue weighted by atomic mass is 10.2. The molecule has 0 saturated carbocycles. The van der Waals surface area contributed by atoms with Crippen LogP contribution in [0.1, 0.15) is 22.8 Å². The van der Waals surface area contributed by atoms with Crippen LogP contribution in [0.2, 0.25) is 0 Å². The first-order valence-corrected chi connectivity index (χ1v) is 9.65. The summed E-state index contributed by atoms with van der Waals surface area (Å²) >= 11 is 1.23. The SMILES string of the molecule is CCOc1ccc(/C=C2\SC(=Nc3cccc(C(=O)O)c3)N(C)C2=O)cc1OC. The lowest BCUT2D eigenvalue weighted by Gasteiger charge is -2.09. The van der Waals surface area contributed by atoms with E-state index >= 15 is 0 Å². The second-order valence-corrected chi connectivity index (χ2v) is 7.08. The average Bonchev–Trinajstić information content (AvgIpc) is 2.97. The lowest BCUT2D eigenvalue weighted by Crippen LogP contribution is -2.23. The molecule has 3 rings (SSSR count). The molecule has 1 fully saturated rings. The number of ether oxygens (including phenoxy) is 2. The van der Waals surface area contributed by atoms with E-state index in [1.807, 2.05) is 13.0 Å². The van der Waals surface area contributed by atoms with Crippen LogP contribution >= 0.6 is 11.8 Å². The molecule has 1 aliphatic heterocycles. The minimum atomic E-state index is -1.03. The van der Waals surface area contributed by atoms with Crippen molar-refractivity contribution in [1.82, 2.24) is 4.90 Å². The molecule has 1 aliphatic rings. The standard InChI is InChI=1S/C21H20N2O5S/c1-4-28-16-9-8-13(10-17(16)27-3)11-18-19(24)23(2)21(29-18)22-15-7-5-6-14(12-15)20(25)26/h5-12H,4H2,1-3H3,(H,25,26)/b18-11-,22-21?. The predicted octanol–water partition coefficient (Wildman–Crippen LogP) is 4.03. The van der Waals surface area contributed by atoms with Gasteiger partial charge < -0.3 is 14.6 Å². The molecule has 0 spiro atoms. The van der Waals surface area contributed by atoms with E-state index in [1.54, 1.807) is 44.5 Å². The third kappa shape index (κ3) is 4.60. The molecule has 0 aliphatic carbocycles. The molecule has 29 heavy (non-hydrogen) atoms. The number of rotatable bonds is 6. The maximum Gasteiger partial charge on any atom is 0.335 e. The van der Waals surface area contributed by atoms with Gasteiger partial charge in [-0.1, -0.05) is 12.1 Å². The van der Waals surface area contributed by atoms with Crippen LogP contribution in [0.3, 0.4) is 0 Å². The number of hydrogen-bond acceptors (Lipinski definition) is 6. The van der Waals surface area contributed by atoms with Crippen molar-refractivity contribution < 1.29 is 24.2 Å². The first-order chi connectivity index (χ1) is 13.9. The van der Waals surface area contributed by atoms with Crippen molar-refractivity contribution in [2.75, 3.05) is 20.8 Å². The van der Waals surface area contributed by atoms with Crippen molar-refractivity contribution in [3.63, 3.8) is 0 Å². The molecular weight excluding hydrogens is 392 g/mol. The number of carbonyl (C=O) groups excluding carboxylic acids is 1. The van der Waals surface area contributed by atoms with Gasteiger partial charge in [-0.3, -0.25) is 9.69 Å². The van der Waals surface area contributed by atoms with Crippen molar-refractivity contribution in [3.8, 4) is 11.5 Å². The summed E-state index contributed by atoms with van der Waals surface area (Å²) in [5.41, 5.74) is 1.40. The molecule has 1 heterocycles. The van der Waals surface area contributed by atoms with Gasteiger partial charge in [0, 0.05) is 7.05 Å². The van der Waals surface area contributed by atoms with Crippen molar-refractivity contribution >= 4 is 40.6 Å². The van der Waals surface area contributed by atoms with Crippen LogP contribution in [0.5, 0.6) is 11.5 Å². The minimum absolute atomic E-state index is 0.140. The van der Waals surface area contributed by atoms with Gasteiger partial charge in [0.05, 0.1) is 29.9 Å². The van der Waals surface area contributed by atoms with Crippen LogP contribution in [0.15, 0.2) is 52.4 Å². The molecule has 2 aromatic carbocycles. The molecule has 1 saturated heterocycles. The highest BCUT2D eigenvalue weighted by Gasteiger charge is 2.30. The van der Waals surface area contributed by atoms with Gasteiger partial charge in [-0.25, -0.2) is 9.79 Å². The molecule has 0 radical (unpaired) electrons. The Bertz CT molecular complexity index is 1020. The quantitative estimate of drug-likeness (QED) is 0.721. The van der Waals surface area contributed by atoms with E-state index in [0.29, 0.717) is 33.9 Å². The zero-order valence-electron chi connectivity index (χ0n) is 16.2. The molecule has 8 heteroatoms. The zero-order valence-corrected chi connectivity index (χ0v) is 17.0. The Morgan fingerprint density at radius 1 is 1.24 bits per heavy atom. The van der Waals surface area contributed by atoms with Crippen LogP contribution in [0.4, 0.5) is 5.69 Å². The number of likely N-dealkylation sites (N-methyl/N-ethyl adjacent to an activating group) is 1. The Morgan fingerprint density at radius 2 is 2.03 bits per heavy atom. The Morgan fingerprint density at radius 3 is 2.72 bits per heavy atom. The van der Waals surface area contributed by atoms with E-state index in [4.69, 9.17) is 14.6 Å². The molecule has 150 valence electrons. The number of amides is 1. The van der Waals surface area contributed by atoms with E-state index in [9.17, 15) is 9.59 Å². The van der Waals surface area contributed by atoms with Gasteiger partial charge in [-0.15, -0.1) is 0 Å². The highest BCUT2D eigenvalue weighted by Crippen LogP contribution is 2.35. The molecule has 7 nitrogen and oxygen atoms in total. The summed E-state index contributed by atoms with van der Waals surface area (Å²) in [6, 6.07) is 11.7.